The summed E-state index contributed by atoms with van der Waals surface area (Å²) in [7, 11) is 1.50. The van der Waals surface area contributed by atoms with E-state index >= 15 is 0 Å². The van der Waals surface area contributed by atoms with Crippen molar-refractivity contribution in [3.05, 3.63) is 75.3 Å². The number of para-hydroxylation sites is 1. The van der Waals surface area contributed by atoms with E-state index < -0.39 is 16.7 Å². The minimum atomic E-state index is -4.40. The maximum absolute atomic E-state index is 12.7. The van der Waals surface area contributed by atoms with Crippen LogP contribution in [0.1, 0.15) is 16.7 Å². The lowest BCUT2D eigenvalue weighted by molar-refractivity contribution is -0.385. The van der Waals surface area contributed by atoms with Crippen LogP contribution in [0.3, 0.4) is 0 Å². The van der Waals surface area contributed by atoms with Gasteiger partial charge >= 0.3 is 6.18 Å². The van der Waals surface area contributed by atoms with Crippen LogP contribution in [0.4, 0.5) is 18.9 Å². The SMILES string of the molecule is CN=C(NCc1cccc(C(F)(F)F)c1)NCc1ccccc1[N+](=O)[O-]. The first-order chi connectivity index (χ1) is 12.3. The van der Waals surface area contributed by atoms with Crippen LogP contribution in [-0.2, 0) is 19.3 Å². The van der Waals surface area contributed by atoms with Crippen molar-refractivity contribution in [1.29, 1.82) is 0 Å². The van der Waals surface area contributed by atoms with E-state index in [0.717, 1.165) is 12.1 Å². The highest BCUT2D eigenvalue weighted by Crippen LogP contribution is 2.29. The Morgan fingerprint density at radius 1 is 1.12 bits per heavy atom. The number of halogens is 3. The maximum atomic E-state index is 12.7. The number of aliphatic imine (C=N–C) groups is 1. The predicted octanol–water partition coefficient (Wildman–Crippen LogP) is 3.48. The van der Waals surface area contributed by atoms with E-state index in [1.807, 2.05) is 0 Å². The third-order valence-electron chi connectivity index (χ3n) is 3.57. The van der Waals surface area contributed by atoms with Gasteiger partial charge in [-0.05, 0) is 17.7 Å². The number of nitrogens with zero attached hydrogens (tertiary/aromatic N) is 2. The summed E-state index contributed by atoms with van der Waals surface area (Å²) < 4.78 is 38.2. The van der Waals surface area contributed by atoms with E-state index in [0.29, 0.717) is 17.1 Å². The summed E-state index contributed by atoms with van der Waals surface area (Å²) >= 11 is 0. The normalized spacial score (nSPS) is 11.9. The molecule has 0 heterocycles. The summed E-state index contributed by atoms with van der Waals surface area (Å²) in [6.45, 7) is 0.278. The van der Waals surface area contributed by atoms with Gasteiger partial charge in [-0.25, -0.2) is 0 Å². The number of nitro benzene ring substituents is 1. The first-order valence-electron chi connectivity index (χ1n) is 7.64. The molecule has 2 aromatic rings. The molecule has 0 saturated heterocycles. The van der Waals surface area contributed by atoms with Crippen molar-refractivity contribution in [3.63, 3.8) is 0 Å². The lowest BCUT2D eigenvalue weighted by Gasteiger charge is -2.13. The molecule has 0 aromatic heterocycles. The van der Waals surface area contributed by atoms with E-state index in [2.05, 4.69) is 15.6 Å². The Bertz CT molecular complexity index is 807. The Morgan fingerprint density at radius 3 is 2.46 bits per heavy atom. The van der Waals surface area contributed by atoms with E-state index in [-0.39, 0.29) is 18.8 Å². The van der Waals surface area contributed by atoms with Crippen molar-refractivity contribution in [1.82, 2.24) is 10.6 Å². The highest BCUT2D eigenvalue weighted by Gasteiger charge is 2.30. The number of hydrogen-bond donors (Lipinski definition) is 2. The lowest BCUT2D eigenvalue weighted by Crippen LogP contribution is -2.36. The average molecular weight is 366 g/mol. The molecule has 0 aliphatic rings. The lowest BCUT2D eigenvalue weighted by atomic mass is 10.1. The van der Waals surface area contributed by atoms with Crippen molar-refractivity contribution >= 4 is 11.6 Å². The second kappa shape index (κ2) is 8.32. The molecule has 0 fully saturated rings. The molecule has 2 N–H and O–H groups in total. The summed E-state index contributed by atoms with van der Waals surface area (Å²) in [5.74, 6) is 0.320. The Labute approximate surface area is 147 Å². The molecule has 0 radical (unpaired) electrons. The molecule has 0 spiro atoms. The quantitative estimate of drug-likeness (QED) is 0.367. The molecular formula is C17H17F3N4O2. The van der Waals surface area contributed by atoms with Gasteiger partial charge in [-0.2, -0.15) is 13.2 Å². The van der Waals surface area contributed by atoms with Crippen LogP contribution in [0.15, 0.2) is 53.5 Å². The van der Waals surface area contributed by atoms with Crippen LogP contribution in [0.5, 0.6) is 0 Å². The molecule has 0 atom stereocenters. The third kappa shape index (κ3) is 5.20. The van der Waals surface area contributed by atoms with Gasteiger partial charge in [-0.1, -0.05) is 30.3 Å². The molecule has 0 aliphatic heterocycles. The van der Waals surface area contributed by atoms with E-state index in [4.69, 9.17) is 0 Å². The highest BCUT2D eigenvalue weighted by molar-refractivity contribution is 5.79. The second-order valence-electron chi connectivity index (χ2n) is 5.36. The van der Waals surface area contributed by atoms with Crippen LogP contribution in [0, 0.1) is 10.1 Å². The number of nitro groups is 1. The first kappa shape index (κ1) is 19.2. The Balaban J connectivity index is 1.98. The zero-order chi connectivity index (χ0) is 19.2. The minimum Gasteiger partial charge on any atom is -0.352 e. The van der Waals surface area contributed by atoms with Crippen LogP contribution in [-0.4, -0.2) is 17.9 Å². The molecule has 0 aliphatic carbocycles. The first-order valence-corrected chi connectivity index (χ1v) is 7.64. The molecule has 0 saturated carbocycles. The van der Waals surface area contributed by atoms with Gasteiger partial charge in [-0.15, -0.1) is 0 Å². The number of rotatable bonds is 5. The van der Waals surface area contributed by atoms with Gasteiger partial charge in [0.25, 0.3) is 5.69 Å². The number of hydrogen-bond acceptors (Lipinski definition) is 3. The average Bonchev–Trinajstić information content (AvgIpc) is 2.61. The van der Waals surface area contributed by atoms with Gasteiger partial charge in [0.15, 0.2) is 5.96 Å². The molecule has 6 nitrogen and oxygen atoms in total. The fourth-order valence-corrected chi connectivity index (χ4v) is 2.28. The van der Waals surface area contributed by atoms with Gasteiger partial charge in [0.05, 0.1) is 10.5 Å². The standard InChI is InChI=1S/C17H17F3N4O2/c1-21-16(23-11-13-6-2-3-8-15(13)24(25)26)22-10-12-5-4-7-14(9-12)17(18,19)20/h2-9H,10-11H2,1H3,(H2,21,22,23). The summed E-state index contributed by atoms with van der Waals surface area (Å²) in [6, 6.07) is 11.2. The number of nitrogens with one attached hydrogen (secondary N) is 2. The molecule has 26 heavy (non-hydrogen) atoms. The van der Waals surface area contributed by atoms with Gasteiger partial charge in [-0.3, -0.25) is 15.1 Å². The van der Waals surface area contributed by atoms with Gasteiger partial charge < -0.3 is 10.6 Å². The second-order valence-corrected chi connectivity index (χ2v) is 5.36. The molecule has 2 aromatic carbocycles. The molecular weight excluding hydrogens is 349 g/mol. The predicted molar refractivity (Wildman–Crippen MR) is 91.6 cm³/mol. The van der Waals surface area contributed by atoms with Gasteiger partial charge in [0.1, 0.15) is 0 Å². The van der Waals surface area contributed by atoms with Crippen molar-refractivity contribution in [2.24, 2.45) is 4.99 Å². The van der Waals surface area contributed by atoms with E-state index in [1.165, 1.54) is 19.2 Å². The van der Waals surface area contributed by atoms with Crippen molar-refractivity contribution in [3.8, 4) is 0 Å². The van der Waals surface area contributed by atoms with Crippen LogP contribution < -0.4 is 10.6 Å². The van der Waals surface area contributed by atoms with E-state index in [1.54, 1.807) is 24.3 Å². The summed E-state index contributed by atoms with van der Waals surface area (Å²) in [5.41, 5.74) is 0.168. The summed E-state index contributed by atoms with van der Waals surface area (Å²) in [5, 5.41) is 16.8. The van der Waals surface area contributed by atoms with Crippen LogP contribution in [0.2, 0.25) is 0 Å². The number of alkyl halides is 3. The summed E-state index contributed by atoms with van der Waals surface area (Å²) in [4.78, 5) is 14.5. The Kier molecular flexibility index (Phi) is 6.16. The Hall–Kier alpha value is -3.10. The third-order valence-corrected chi connectivity index (χ3v) is 3.57. The van der Waals surface area contributed by atoms with Crippen molar-refractivity contribution in [2.75, 3.05) is 7.05 Å². The number of benzene rings is 2. The molecule has 0 amide bonds. The Morgan fingerprint density at radius 2 is 1.81 bits per heavy atom. The molecule has 0 bridgehead atoms. The minimum absolute atomic E-state index is 0.0201. The van der Waals surface area contributed by atoms with Crippen molar-refractivity contribution < 1.29 is 18.1 Å². The van der Waals surface area contributed by atoms with E-state index in [9.17, 15) is 23.3 Å². The molecule has 9 heteroatoms. The monoisotopic (exact) mass is 366 g/mol. The molecule has 0 unspecified atom stereocenters. The largest absolute Gasteiger partial charge is 0.416 e. The van der Waals surface area contributed by atoms with Gasteiger partial charge in [0, 0.05) is 31.8 Å². The fraction of sp³-hybridized carbons (Fsp3) is 0.235. The zero-order valence-electron chi connectivity index (χ0n) is 13.9. The highest BCUT2D eigenvalue weighted by atomic mass is 19.4. The fourth-order valence-electron chi connectivity index (χ4n) is 2.28. The zero-order valence-corrected chi connectivity index (χ0v) is 13.9. The summed E-state index contributed by atoms with van der Waals surface area (Å²) in [6.07, 6.45) is -4.40. The van der Waals surface area contributed by atoms with Crippen molar-refractivity contribution in [2.45, 2.75) is 19.3 Å². The van der Waals surface area contributed by atoms with Crippen LogP contribution >= 0.6 is 0 Å². The number of guanidine groups is 1. The van der Waals surface area contributed by atoms with Crippen LogP contribution in [0.25, 0.3) is 0 Å². The molecule has 138 valence electrons. The topological polar surface area (TPSA) is 79.6 Å². The van der Waals surface area contributed by atoms with Gasteiger partial charge in [0.2, 0.25) is 0 Å². The molecule has 2 rings (SSSR count). The smallest absolute Gasteiger partial charge is 0.352 e. The maximum Gasteiger partial charge on any atom is 0.416 e.